The molecule has 2 aromatic heterocycles. The van der Waals surface area contributed by atoms with E-state index in [1.165, 1.54) is 10.9 Å². The van der Waals surface area contributed by atoms with Gasteiger partial charge in [0.2, 0.25) is 11.5 Å². The monoisotopic (exact) mass is 372 g/mol. The number of aliphatic hydroxyl groups excluding tert-OH is 1. The summed E-state index contributed by atoms with van der Waals surface area (Å²) in [4.78, 5) is 39.5. The number of nitrogens with one attached hydrogen (secondary N) is 1. The Morgan fingerprint density at radius 1 is 1.64 bits per heavy atom. The molecule has 0 spiro atoms. The van der Waals surface area contributed by atoms with Crippen LogP contribution in [-0.4, -0.2) is 52.7 Å². The molecule has 0 aliphatic carbocycles. The van der Waals surface area contributed by atoms with Gasteiger partial charge in [-0.1, -0.05) is 0 Å². The van der Waals surface area contributed by atoms with Crippen LogP contribution < -0.4 is 11.3 Å². The van der Waals surface area contributed by atoms with E-state index in [1.807, 2.05) is 0 Å². The van der Waals surface area contributed by atoms with Crippen LogP contribution in [0.25, 0.3) is 11.2 Å². The van der Waals surface area contributed by atoms with Crippen LogP contribution in [0.5, 0.6) is 0 Å². The third-order valence-electron chi connectivity index (χ3n) is 3.71. The van der Waals surface area contributed by atoms with Crippen molar-refractivity contribution < 1.29 is 28.7 Å². The fraction of sp³-hybridized carbons (Fsp3) is 0.455. The standard InChI is InChI=1S/C11H13N6O7P/c12-2-11(3-23-25(20,21)22)5(18)1-6(24-11)17-4-14-7-8(17)15-10(13)16-9(7)19/h4-6,18H,1,3H2,(H2,20,21,22)(H3,13,15,16,19)/t5-,6+,11+/m0/s1. The molecule has 0 radical (unpaired) electrons. The molecule has 1 aliphatic rings. The minimum absolute atomic E-state index is 0.0202. The average molecular weight is 372 g/mol. The summed E-state index contributed by atoms with van der Waals surface area (Å²) in [6, 6.07) is 1.68. The average Bonchev–Trinajstić information content (AvgIpc) is 3.06. The molecule has 0 amide bonds. The van der Waals surface area contributed by atoms with Crippen LogP contribution in [0.1, 0.15) is 12.6 Å². The Labute approximate surface area is 138 Å². The number of hydrogen-bond acceptors (Lipinski definition) is 9. The number of ether oxygens (including phenoxy) is 1. The van der Waals surface area contributed by atoms with E-state index in [9.17, 15) is 19.7 Å². The van der Waals surface area contributed by atoms with Gasteiger partial charge in [-0.05, 0) is 0 Å². The van der Waals surface area contributed by atoms with Crippen LogP contribution in [-0.2, 0) is 13.8 Å². The quantitative estimate of drug-likeness (QED) is 0.384. The van der Waals surface area contributed by atoms with Crippen molar-refractivity contribution in [3.05, 3.63) is 16.7 Å². The minimum Gasteiger partial charge on any atom is -0.389 e. The molecule has 3 heterocycles. The van der Waals surface area contributed by atoms with E-state index in [4.69, 9.17) is 20.3 Å². The first kappa shape index (κ1) is 17.5. The molecule has 0 aromatic carbocycles. The molecule has 1 fully saturated rings. The molecule has 13 nitrogen and oxygen atoms in total. The second-order valence-corrected chi connectivity index (χ2v) is 6.60. The molecule has 0 unspecified atom stereocenters. The van der Waals surface area contributed by atoms with E-state index < -0.39 is 37.9 Å². The lowest BCUT2D eigenvalue weighted by Gasteiger charge is -2.24. The largest absolute Gasteiger partial charge is 0.469 e. The first-order valence-electron chi connectivity index (χ1n) is 6.85. The predicted octanol–water partition coefficient (Wildman–Crippen LogP) is -1.65. The number of nitrogens with two attached hydrogens (primary N) is 1. The van der Waals surface area contributed by atoms with Gasteiger partial charge in [-0.2, -0.15) is 10.2 Å². The number of aromatic nitrogens is 4. The first-order valence-corrected chi connectivity index (χ1v) is 8.38. The van der Waals surface area contributed by atoms with E-state index in [-0.39, 0.29) is 23.5 Å². The predicted molar refractivity (Wildman–Crippen MR) is 79.6 cm³/mol. The van der Waals surface area contributed by atoms with Gasteiger partial charge in [0.25, 0.3) is 5.56 Å². The fourth-order valence-electron chi connectivity index (χ4n) is 2.52. The minimum atomic E-state index is -4.87. The molecule has 6 N–H and O–H groups in total. The molecular formula is C11H13N6O7P. The van der Waals surface area contributed by atoms with Crippen LogP contribution in [0.3, 0.4) is 0 Å². The number of nitrogen functional groups attached to an aromatic ring is 1. The van der Waals surface area contributed by atoms with Crippen molar-refractivity contribution >= 4 is 24.9 Å². The zero-order valence-corrected chi connectivity index (χ0v) is 13.3. The van der Waals surface area contributed by atoms with Gasteiger partial charge in [-0.15, -0.1) is 0 Å². The molecule has 0 bridgehead atoms. The van der Waals surface area contributed by atoms with Crippen molar-refractivity contribution in [3.8, 4) is 6.07 Å². The molecule has 134 valence electrons. The van der Waals surface area contributed by atoms with Gasteiger partial charge in [0.15, 0.2) is 11.2 Å². The van der Waals surface area contributed by atoms with Crippen molar-refractivity contribution in [1.82, 2.24) is 19.5 Å². The van der Waals surface area contributed by atoms with Crippen molar-refractivity contribution in [2.24, 2.45) is 0 Å². The van der Waals surface area contributed by atoms with Gasteiger partial charge >= 0.3 is 7.82 Å². The van der Waals surface area contributed by atoms with Gasteiger partial charge in [-0.25, -0.2) is 9.55 Å². The molecule has 1 aliphatic heterocycles. The Balaban J connectivity index is 1.95. The van der Waals surface area contributed by atoms with E-state index in [0.29, 0.717) is 0 Å². The summed E-state index contributed by atoms with van der Waals surface area (Å²) >= 11 is 0. The second-order valence-electron chi connectivity index (χ2n) is 5.36. The molecule has 14 heteroatoms. The Bertz CT molecular complexity index is 960. The zero-order chi connectivity index (χ0) is 18.4. The third-order valence-corrected chi connectivity index (χ3v) is 4.17. The summed E-state index contributed by atoms with van der Waals surface area (Å²) in [6.45, 7) is -0.853. The smallest absolute Gasteiger partial charge is 0.389 e. The number of nitrogens with zero attached hydrogens (tertiary/aromatic N) is 4. The summed E-state index contributed by atoms with van der Waals surface area (Å²) in [5.41, 5.74) is 2.97. The van der Waals surface area contributed by atoms with Gasteiger partial charge in [0, 0.05) is 6.42 Å². The van der Waals surface area contributed by atoms with Crippen molar-refractivity contribution in [2.45, 2.75) is 24.4 Å². The lowest BCUT2D eigenvalue weighted by atomic mass is 10.00. The van der Waals surface area contributed by atoms with E-state index >= 15 is 0 Å². The number of aromatic amines is 1. The number of rotatable bonds is 4. The Morgan fingerprint density at radius 3 is 3.00 bits per heavy atom. The highest BCUT2D eigenvalue weighted by atomic mass is 31.2. The Kier molecular flexibility index (Phi) is 4.12. The number of nitriles is 1. The van der Waals surface area contributed by atoms with Gasteiger partial charge < -0.3 is 25.4 Å². The molecular weight excluding hydrogens is 359 g/mol. The van der Waals surface area contributed by atoms with E-state index in [2.05, 4.69) is 19.5 Å². The van der Waals surface area contributed by atoms with Gasteiger partial charge in [0.05, 0.1) is 6.33 Å². The summed E-state index contributed by atoms with van der Waals surface area (Å²) in [7, 11) is -4.87. The zero-order valence-electron chi connectivity index (χ0n) is 12.4. The SMILES string of the molecule is N#C[C@]1(COP(=O)(O)O)O[C@@H](n2cnc3c(=O)[nH]c(N)nc32)C[C@@H]1O. The number of H-pyrrole nitrogens is 1. The number of phosphoric acid groups is 1. The highest BCUT2D eigenvalue weighted by Crippen LogP contribution is 2.42. The van der Waals surface area contributed by atoms with E-state index in [0.717, 1.165) is 0 Å². The second kappa shape index (κ2) is 5.88. The lowest BCUT2D eigenvalue weighted by Crippen LogP contribution is -2.42. The van der Waals surface area contributed by atoms with Gasteiger partial charge in [0.1, 0.15) is 25.0 Å². The Morgan fingerprint density at radius 2 is 2.36 bits per heavy atom. The van der Waals surface area contributed by atoms with Crippen LogP contribution in [0.2, 0.25) is 0 Å². The lowest BCUT2D eigenvalue weighted by molar-refractivity contribution is -0.0888. The molecule has 1 saturated heterocycles. The number of anilines is 1. The van der Waals surface area contributed by atoms with Crippen molar-refractivity contribution in [1.29, 1.82) is 5.26 Å². The number of aliphatic hydroxyl groups is 1. The number of imidazole rings is 1. The molecule has 0 saturated carbocycles. The maximum atomic E-state index is 11.8. The molecule has 3 atom stereocenters. The number of phosphoric ester groups is 1. The maximum absolute atomic E-state index is 11.8. The van der Waals surface area contributed by atoms with Crippen molar-refractivity contribution in [3.63, 3.8) is 0 Å². The highest BCUT2D eigenvalue weighted by Gasteiger charge is 2.51. The summed E-state index contributed by atoms with van der Waals surface area (Å²) in [5.74, 6) is -0.158. The van der Waals surface area contributed by atoms with Crippen LogP contribution >= 0.6 is 7.82 Å². The molecule has 3 rings (SSSR count). The van der Waals surface area contributed by atoms with Crippen molar-refractivity contribution in [2.75, 3.05) is 12.3 Å². The normalized spacial score (nSPS) is 26.8. The third kappa shape index (κ3) is 3.14. The first-order chi connectivity index (χ1) is 11.6. The number of hydrogen-bond donors (Lipinski definition) is 5. The Hall–Kier alpha value is -2.33. The highest BCUT2D eigenvalue weighted by molar-refractivity contribution is 7.46. The fourth-order valence-corrected chi connectivity index (χ4v) is 2.88. The topological polar surface area (TPSA) is 210 Å². The van der Waals surface area contributed by atoms with Crippen LogP contribution in [0.15, 0.2) is 11.1 Å². The van der Waals surface area contributed by atoms with E-state index in [1.54, 1.807) is 6.07 Å². The summed E-state index contributed by atoms with van der Waals surface area (Å²) in [6.07, 6.45) is -1.29. The van der Waals surface area contributed by atoms with Gasteiger partial charge in [-0.3, -0.25) is 18.9 Å². The van der Waals surface area contributed by atoms with Crippen LogP contribution in [0, 0.1) is 11.3 Å². The summed E-state index contributed by atoms with van der Waals surface area (Å²) < 4.78 is 22.0. The maximum Gasteiger partial charge on any atom is 0.469 e. The molecule has 2 aromatic rings. The molecule has 25 heavy (non-hydrogen) atoms. The van der Waals surface area contributed by atoms with Crippen LogP contribution in [0.4, 0.5) is 5.95 Å². The number of fused-ring (bicyclic) bond motifs is 1. The summed E-state index contributed by atoms with van der Waals surface area (Å²) in [5, 5.41) is 19.5.